The second-order valence-corrected chi connectivity index (χ2v) is 5.48. The zero-order valence-corrected chi connectivity index (χ0v) is 12.4. The molecule has 1 fully saturated rings. The number of carbonyl (C=O) groups excluding carboxylic acids is 1. The molecule has 2 amide bonds. The van der Waals surface area contributed by atoms with E-state index < -0.39 is 12.0 Å². The fraction of sp³-hybridized carbons (Fsp3) is 0.643. The predicted octanol–water partition coefficient (Wildman–Crippen LogP) is 1.76. The zero-order chi connectivity index (χ0) is 15.4. The van der Waals surface area contributed by atoms with Crippen LogP contribution >= 0.6 is 0 Å². The summed E-state index contributed by atoms with van der Waals surface area (Å²) in [7, 11) is 0. The molecule has 0 saturated carbocycles. The number of carboxylic acids is 1. The maximum atomic E-state index is 12.4. The van der Waals surface area contributed by atoms with E-state index in [4.69, 9.17) is 0 Å². The number of hydrogen-bond donors (Lipinski definition) is 3. The second-order valence-electron chi connectivity index (χ2n) is 5.48. The summed E-state index contributed by atoms with van der Waals surface area (Å²) in [6.45, 7) is 4.30. The normalized spacial score (nSPS) is 23.6. The van der Waals surface area contributed by atoms with E-state index in [1.807, 2.05) is 13.8 Å². The number of aromatic nitrogens is 2. The van der Waals surface area contributed by atoms with Gasteiger partial charge >= 0.3 is 12.0 Å². The van der Waals surface area contributed by atoms with Crippen molar-refractivity contribution in [2.75, 3.05) is 6.54 Å². The lowest BCUT2D eigenvalue weighted by molar-refractivity contribution is -0.145. The van der Waals surface area contributed by atoms with Crippen molar-refractivity contribution in [3.8, 4) is 0 Å². The van der Waals surface area contributed by atoms with Gasteiger partial charge in [-0.1, -0.05) is 13.8 Å². The first kappa shape index (κ1) is 15.3. The van der Waals surface area contributed by atoms with E-state index >= 15 is 0 Å². The summed E-state index contributed by atoms with van der Waals surface area (Å²) in [5, 5.41) is 12.2. The molecule has 1 aromatic rings. The summed E-state index contributed by atoms with van der Waals surface area (Å²) in [6.07, 6.45) is 5.67. The molecule has 1 aromatic heterocycles. The molecule has 0 aromatic carbocycles. The Balaban J connectivity index is 2.08. The minimum Gasteiger partial charge on any atom is -0.480 e. The molecule has 1 aliphatic rings. The molecule has 0 aliphatic carbocycles. The van der Waals surface area contributed by atoms with Crippen LogP contribution in [0.5, 0.6) is 0 Å². The van der Waals surface area contributed by atoms with Crippen molar-refractivity contribution in [3.63, 3.8) is 0 Å². The number of carboxylic acid groups (broad SMARTS) is 1. The molecule has 0 spiro atoms. The van der Waals surface area contributed by atoms with Crippen molar-refractivity contribution in [1.29, 1.82) is 0 Å². The first-order chi connectivity index (χ1) is 10.0. The van der Waals surface area contributed by atoms with E-state index in [0.29, 0.717) is 18.8 Å². The Hall–Kier alpha value is -2.05. The van der Waals surface area contributed by atoms with Crippen LogP contribution in [0.2, 0.25) is 0 Å². The smallest absolute Gasteiger partial charge is 0.326 e. The molecular formula is C14H22N4O3. The van der Waals surface area contributed by atoms with E-state index in [1.54, 1.807) is 12.4 Å². The lowest BCUT2D eigenvalue weighted by Crippen LogP contribution is -2.55. The van der Waals surface area contributed by atoms with Gasteiger partial charge in [0.1, 0.15) is 11.9 Å². The lowest BCUT2D eigenvalue weighted by Gasteiger charge is -2.37. The van der Waals surface area contributed by atoms with Gasteiger partial charge in [0.25, 0.3) is 0 Å². The SMILES string of the molecule is CCC(NC(=O)N1CCCC(C)C1C(=O)O)c1ncc[nH]1. The second kappa shape index (κ2) is 6.60. The number of likely N-dealkylation sites (tertiary alicyclic amines) is 1. The average molecular weight is 294 g/mol. The van der Waals surface area contributed by atoms with Crippen LogP contribution in [0.15, 0.2) is 12.4 Å². The average Bonchev–Trinajstić information content (AvgIpc) is 2.97. The van der Waals surface area contributed by atoms with Gasteiger partial charge in [-0.25, -0.2) is 14.6 Å². The number of H-pyrrole nitrogens is 1. The highest BCUT2D eigenvalue weighted by atomic mass is 16.4. The molecule has 3 unspecified atom stereocenters. The highest BCUT2D eigenvalue weighted by Gasteiger charge is 2.37. The van der Waals surface area contributed by atoms with E-state index in [1.165, 1.54) is 4.90 Å². The molecule has 1 saturated heterocycles. The standard InChI is InChI=1S/C14H22N4O3/c1-3-10(12-15-6-7-16-12)17-14(21)18-8-4-5-9(2)11(18)13(19)20/h6-7,9-11H,3-5,8H2,1-2H3,(H,15,16)(H,17,21)(H,19,20). The Bertz CT molecular complexity index is 488. The summed E-state index contributed by atoms with van der Waals surface area (Å²) in [6, 6.07) is -1.33. The first-order valence-corrected chi connectivity index (χ1v) is 7.33. The summed E-state index contributed by atoms with van der Waals surface area (Å²) >= 11 is 0. The van der Waals surface area contributed by atoms with Crippen molar-refractivity contribution >= 4 is 12.0 Å². The minimum absolute atomic E-state index is 0.0364. The van der Waals surface area contributed by atoms with Gasteiger partial charge < -0.3 is 20.3 Å². The minimum atomic E-state index is -0.941. The number of carbonyl (C=O) groups is 2. The van der Waals surface area contributed by atoms with Gasteiger partial charge in [-0.15, -0.1) is 0 Å². The van der Waals surface area contributed by atoms with Gasteiger partial charge in [0, 0.05) is 18.9 Å². The maximum Gasteiger partial charge on any atom is 0.326 e. The van der Waals surface area contributed by atoms with Crippen molar-refractivity contribution < 1.29 is 14.7 Å². The van der Waals surface area contributed by atoms with Crippen LogP contribution < -0.4 is 5.32 Å². The van der Waals surface area contributed by atoms with Crippen molar-refractivity contribution in [3.05, 3.63) is 18.2 Å². The maximum absolute atomic E-state index is 12.4. The van der Waals surface area contributed by atoms with Crippen LogP contribution in [0.25, 0.3) is 0 Å². The summed E-state index contributed by atoms with van der Waals surface area (Å²) < 4.78 is 0. The summed E-state index contributed by atoms with van der Waals surface area (Å²) in [5.74, 6) is -0.295. The molecule has 2 heterocycles. The molecule has 0 bridgehead atoms. The molecule has 7 nitrogen and oxygen atoms in total. The van der Waals surface area contributed by atoms with Gasteiger partial charge in [0.05, 0.1) is 6.04 Å². The molecule has 7 heteroatoms. The van der Waals surface area contributed by atoms with Gasteiger partial charge in [-0.2, -0.15) is 0 Å². The largest absolute Gasteiger partial charge is 0.480 e. The number of hydrogen-bond acceptors (Lipinski definition) is 3. The highest BCUT2D eigenvalue weighted by molar-refractivity contribution is 5.83. The molecule has 116 valence electrons. The number of aliphatic carboxylic acids is 1. The predicted molar refractivity (Wildman–Crippen MR) is 76.7 cm³/mol. The Kier molecular flexibility index (Phi) is 4.82. The molecule has 21 heavy (non-hydrogen) atoms. The summed E-state index contributed by atoms with van der Waals surface area (Å²) in [4.78, 5) is 32.4. The number of aromatic amines is 1. The van der Waals surface area contributed by atoms with E-state index in [2.05, 4.69) is 15.3 Å². The lowest BCUT2D eigenvalue weighted by atomic mass is 9.91. The van der Waals surface area contributed by atoms with E-state index in [-0.39, 0.29) is 18.0 Å². The third-order valence-corrected chi connectivity index (χ3v) is 4.00. The molecule has 2 rings (SSSR count). The van der Waals surface area contributed by atoms with Crippen LogP contribution in [0.1, 0.15) is 45.0 Å². The van der Waals surface area contributed by atoms with Crippen LogP contribution in [0, 0.1) is 5.92 Å². The van der Waals surface area contributed by atoms with Crippen LogP contribution in [-0.4, -0.2) is 44.6 Å². The number of imidazole rings is 1. The fourth-order valence-corrected chi connectivity index (χ4v) is 2.86. The number of nitrogens with zero attached hydrogens (tertiary/aromatic N) is 2. The van der Waals surface area contributed by atoms with Gasteiger partial charge in [-0.05, 0) is 25.2 Å². The number of piperidine rings is 1. The molecular weight excluding hydrogens is 272 g/mol. The monoisotopic (exact) mass is 294 g/mol. The topological polar surface area (TPSA) is 98.3 Å². The Labute approximate surface area is 123 Å². The Morgan fingerprint density at radius 2 is 2.38 bits per heavy atom. The van der Waals surface area contributed by atoms with E-state index in [0.717, 1.165) is 12.8 Å². The number of rotatable bonds is 4. The molecule has 1 aliphatic heterocycles. The fourth-order valence-electron chi connectivity index (χ4n) is 2.86. The van der Waals surface area contributed by atoms with Crippen molar-refractivity contribution in [1.82, 2.24) is 20.2 Å². The zero-order valence-electron chi connectivity index (χ0n) is 12.4. The number of urea groups is 1. The van der Waals surface area contributed by atoms with Crippen LogP contribution in [-0.2, 0) is 4.79 Å². The van der Waals surface area contributed by atoms with Crippen molar-refractivity contribution in [2.24, 2.45) is 5.92 Å². The first-order valence-electron chi connectivity index (χ1n) is 7.33. The Morgan fingerprint density at radius 1 is 1.62 bits per heavy atom. The van der Waals surface area contributed by atoms with E-state index in [9.17, 15) is 14.7 Å². The molecule has 0 radical (unpaired) electrons. The highest BCUT2D eigenvalue weighted by Crippen LogP contribution is 2.24. The molecule has 3 atom stereocenters. The number of nitrogens with one attached hydrogen (secondary N) is 2. The summed E-state index contributed by atoms with van der Waals surface area (Å²) in [5.41, 5.74) is 0. The third-order valence-electron chi connectivity index (χ3n) is 4.00. The third kappa shape index (κ3) is 3.34. The van der Waals surface area contributed by atoms with Gasteiger partial charge in [0.2, 0.25) is 0 Å². The van der Waals surface area contributed by atoms with Crippen molar-refractivity contribution in [2.45, 2.75) is 45.2 Å². The Morgan fingerprint density at radius 3 is 2.95 bits per heavy atom. The van der Waals surface area contributed by atoms with Crippen LogP contribution in [0.3, 0.4) is 0 Å². The quantitative estimate of drug-likeness (QED) is 0.788. The molecule has 3 N–H and O–H groups in total. The number of amides is 2. The van der Waals surface area contributed by atoms with Gasteiger partial charge in [0.15, 0.2) is 0 Å². The van der Waals surface area contributed by atoms with Gasteiger partial charge in [-0.3, -0.25) is 0 Å². The van der Waals surface area contributed by atoms with Crippen LogP contribution in [0.4, 0.5) is 4.79 Å².